The van der Waals surface area contributed by atoms with Gasteiger partial charge >= 0.3 is 0 Å². The maximum absolute atomic E-state index is 12.7. The maximum atomic E-state index is 12.7. The van der Waals surface area contributed by atoms with E-state index in [1.54, 1.807) is 24.3 Å². The molecule has 162 valence electrons. The van der Waals surface area contributed by atoms with Gasteiger partial charge in [0.1, 0.15) is 11.7 Å². The van der Waals surface area contributed by atoms with Crippen LogP contribution >= 0.6 is 0 Å². The van der Waals surface area contributed by atoms with Crippen LogP contribution in [-0.4, -0.2) is 62.4 Å². The first-order valence-corrected chi connectivity index (χ1v) is 10.8. The van der Waals surface area contributed by atoms with E-state index >= 15 is 0 Å². The highest BCUT2D eigenvalue weighted by molar-refractivity contribution is 5.92. The van der Waals surface area contributed by atoms with Gasteiger partial charge in [-0.05, 0) is 59.7 Å². The quantitative estimate of drug-likeness (QED) is 0.617. The number of piperidine rings is 1. The van der Waals surface area contributed by atoms with Crippen molar-refractivity contribution in [2.24, 2.45) is 11.8 Å². The van der Waals surface area contributed by atoms with Gasteiger partial charge in [-0.2, -0.15) is 5.26 Å². The van der Waals surface area contributed by atoms with Gasteiger partial charge in [0.15, 0.2) is 0 Å². The van der Waals surface area contributed by atoms with E-state index in [0.717, 1.165) is 48.2 Å². The number of aromatic nitrogens is 3. The van der Waals surface area contributed by atoms with E-state index in [1.807, 2.05) is 35.2 Å². The average Bonchev–Trinajstić information content (AvgIpc) is 3.48. The normalized spacial score (nSPS) is 22.2. The summed E-state index contributed by atoms with van der Waals surface area (Å²) in [6.07, 6.45) is 3.66. The number of carbonyl (C=O) groups is 1. The van der Waals surface area contributed by atoms with Crippen molar-refractivity contribution in [3.8, 4) is 6.07 Å². The summed E-state index contributed by atoms with van der Waals surface area (Å²) in [6.45, 7) is 3.01. The van der Waals surface area contributed by atoms with Gasteiger partial charge in [-0.3, -0.25) is 14.8 Å². The topological polar surface area (TPSA) is 109 Å². The number of rotatable bonds is 4. The van der Waals surface area contributed by atoms with Crippen LogP contribution in [0.15, 0.2) is 48.5 Å². The molecule has 5 rings (SSSR count). The molecule has 8 nitrogen and oxygen atoms in total. The fourth-order valence-electron chi connectivity index (χ4n) is 4.77. The number of amides is 1. The fraction of sp³-hybridized carbons (Fsp3) is 0.333. The summed E-state index contributed by atoms with van der Waals surface area (Å²) in [7, 11) is 0. The van der Waals surface area contributed by atoms with Crippen LogP contribution in [0.4, 0.5) is 0 Å². The molecule has 1 unspecified atom stereocenters. The maximum Gasteiger partial charge on any atom is 0.246 e. The second-order valence-electron chi connectivity index (χ2n) is 8.58. The number of carbonyl (C=O) groups excluding carboxylic acids is 1. The SMILES string of the molecule is N#Cc1ccc(/C=C/C(=O)N2C[C@H]3CCN(C(O)c4ccc5[nH]nnc5c4)C[C@@H]3C2)cc1. The van der Waals surface area contributed by atoms with Crippen LogP contribution in [0.25, 0.3) is 17.1 Å². The first-order valence-electron chi connectivity index (χ1n) is 10.8. The van der Waals surface area contributed by atoms with E-state index in [9.17, 15) is 9.90 Å². The Hall–Kier alpha value is -3.54. The molecule has 2 fully saturated rings. The van der Waals surface area contributed by atoms with E-state index < -0.39 is 6.23 Å². The lowest BCUT2D eigenvalue weighted by molar-refractivity contribution is -0.125. The van der Waals surface area contributed by atoms with Gasteiger partial charge in [-0.15, -0.1) is 5.10 Å². The lowest BCUT2D eigenvalue weighted by Crippen LogP contribution is -2.42. The molecular formula is C24H24N6O2. The van der Waals surface area contributed by atoms with Gasteiger partial charge in [0.05, 0.1) is 17.1 Å². The number of aromatic amines is 1. The highest BCUT2D eigenvalue weighted by Crippen LogP contribution is 2.34. The Morgan fingerprint density at radius 1 is 1.19 bits per heavy atom. The molecule has 0 radical (unpaired) electrons. The summed E-state index contributed by atoms with van der Waals surface area (Å²) in [5.74, 6) is 0.817. The Kier molecular flexibility index (Phi) is 5.43. The molecule has 2 aliphatic rings. The predicted molar refractivity (Wildman–Crippen MR) is 119 cm³/mol. The Balaban J connectivity index is 1.21. The number of H-pyrrole nitrogens is 1. The lowest BCUT2D eigenvalue weighted by Gasteiger charge is -2.37. The smallest absolute Gasteiger partial charge is 0.246 e. The molecule has 0 bridgehead atoms. The highest BCUT2D eigenvalue weighted by atomic mass is 16.3. The van der Waals surface area contributed by atoms with Crippen LogP contribution in [-0.2, 0) is 4.79 Å². The van der Waals surface area contributed by atoms with Gasteiger partial charge in [-0.1, -0.05) is 23.4 Å². The third-order valence-corrected chi connectivity index (χ3v) is 6.60. The molecule has 2 aliphatic heterocycles. The number of likely N-dealkylation sites (tertiary alicyclic amines) is 2. The summed E-state index contributed by atoms with van der Waals surface area (Å²) in [4.78, 5) is 16.7. The minimum absolute atomic E-state index is 0.00680. The largest absolute Gasteiger partial charge is 0.374 e. The zero-order chi connectivity index (χ0) is 22.1. The van der Waals surface area contributed by atoms with Gasteiger partial charge in [0, 0.05) is 32.3 Å². The molecule has 8 heteroatoms. The minimum Gasteiger partial charge on any atom is -0.374 e. The number of benzene rings is 2. The number of hydrogen-bond donors (Lipinski definition) is 2. The van der Waals surface area contributed by atoms with Crippen molar-refractivity contribution in [3.63, 3.8) is 0 Å². The van der Waals surface area contributed by atoms with Crippen LogP contribution in [0.3, 0.4) is 0 Å². The van der Waals surface area contributed by atoms with Gasteiger partial charge in [-0.25, -0.2) is 0 Å². The Morgan fingerprint density at radius 3 is 2.81 bits per heavy atom. The van der Waals surface area contributed by atoms with E-state index in [2.05, 4.69) is 26.4 Å². The second kappa shape index (κ2) is 8.54. The van der Waals surface area contributed by atoms with Crippen molar-refractivity contribution in [3.05, 3.63) is 65.2 Å². The summed E-state index contributed by atoms with van der Waals surface area (Å²) < 4.78 is 0. The number of fused-ring (bicyclic) bond motifs is 2. The van der Waals surface area contributed by atoms with Crippen molar-refractivity contribution < 1.29 is 9.90 Å². The van der Waals surface area contributed by atoms with Gasteiger partial charge in [0.25, 0.3) is 0 Å². The fourth-order valence-corrected chi connectivity index (χ4v) is 4.77. The molecule has 2 aromatic carbocycles. The third-order valence-electron chi connectivity index (χ3n) is 6.60. The number of aliphatic hydroxyl groups excluding tert-OH is 1. The molecule has 0 aliphatic carbocycles. The molecule has 1 aromatic heterocycles. The number of nitriles is 1. The van der Waals surface area contributed by atoms with Crippen LogP contribution in [0, 0.1) is 23.2 Å². The third kappa shape index (κ3) is 4.00. The molecule has 3 atom stereocenters. The monoisotopic (exact) mass is 428 g/mol. The molecular weight excluding hydrogens is 404 g/mol. The highest BCUT2D eigenvalue weighted by Gasteiger charge is 2.39. The Morgan fingerprint density at radius 2 is 2.00 bits per heavy atom. The summed E-state index contributed by atoms with van der Waals surface area (Å²) in [5, 5.41) is 30.5. The van der Waals surface area contributed by atoms with E-state index in [0.29, 0.717) is 23.9 Å². The van der Waals surface area contributed by atoms with E-state index in [-0.39, 0.29) is 5.91 Å². The molecule has 1 amide bonds. The molecule has 3 heterocycles. The molecule has 0 spiro atoms. The number of aliphatic hydroxyl groups is 1. The van der Waals surface area contributed by atoms with Crippen LogP contribution in [0.5, 0.6) is 0 Å². The van der Waals surface area contributed by atoms with Crippen LogP contribution in [0.1, 0.15) is 29.3 Å². The van der Waals surface area contributed by atoms with Crippen molar-refractivity contribution in [2.75, 3.05) is 26.2 Å². The average molecular weight is 428 g/mol. The van der Waals surface area contributed by atoms with Crippen molar-refractivity contribution >= 4 is 23.0 Å². The second-order valence-corrected chi connectivity index (χ2v) is 8.58. The van der Waals surface area contributed by atoms with Crippen molar-refractivity contribution in [1.29, 1.82) is 5.26 Å². The standard InChI is InChI=1S/C24H24N6O2/c25-12-17-3-1-16(2-4-17)5-8-23(31)30-13-19-9-10-29(14-20(19)15-30)24(32)18-6-7-21-22(11-18)27-28-26-21/h1-8,11,19-20,24,32H,9-10,13-15H2,(H,26,27,28)/b8-5+/t19-,20-,24?/m1/s1. The first-order chi connectivity index (χ1) is 15.6. The lowest BCUT2D eigenvalue weighted by atomic mass is 9.88. The molecule has 2 saturated heterocycles. The predicted octanol–water partition coefficient (Wildman–Crippen LogP) is 2.31. The van der Waals surface area contributed by atoms with Crippen LogP contribution in [0.2, 0.25) is 0 Å². The van der Waals surface area contributed by atoms with Crippen molar-refractivity contribution in [1.82, 2.24) is 25.2 Å². The zero-order valence-corrected chi connectivity index (χ0v) is 17.6. The van der Waals surface area contributed by atoms with E-state index in [1.165, 1.54) is 0 Å². The van der Waals surface area contributed by atoms with Crippen molar-refractivity contribution in [2.45, 2.75) is 12.6 Å². The van der Waals surface area contributed by atoms with Crippen LogP contribution < -0.4 is 0 Å². The summed E-state index contributed by atoms with van der Waals surface area (Å²) in [5.41, 5.74) is 3.89. The number of hydrogen-bond acceptors (Lipinski definition) is 6. The summed E-state index contributed by atoms with van der Waals surface area (Å²) in [6, 6.07) is 14.9. The minimum atomic E-state index is -0.696. The number of nitrogens with one attached hydrogen (secondary N) is 1. The van der Waals surface area contributed by atoms with E-state index in [4.69, 9.17) is 5.26 Å². The Labute approximate surface area is 185 Å². The molecule has 2 N–H and O–H groups in total. The zero-order valence-electron chi connectivity index (χ0n) is 17.6. The van der Waals surface area contributed by atoms with Gasteiger partial charge < -0.3 is 10.0 Å². The van der Waals surface area contributed by atoms with Gasteiger partial charge in [0.2, 0.25) is 5.91 Å². The Bertz CT molecular complexity index is 1200. The molecule has 32 heavy (non-hydrogen) atoms. The summed E-state index contributed by atoms with van der Waals surface area (Å²) >= 11 is 0. The molecule has 0 saturated carbocycles. The first kappa shape index (κ1) is 20.4. The molecule has 3 aromatic rings. The number of nitrogens with zero attached hydrogens (tertiary/aromatic N) is 5.